The average Bonchev–Trinajstić information content (AvgIpc) is 2.92. The van der Waals surface area contributed by atoms with E-state index in [1.807, 2.05) is 31.5 Å². The summed E-state index contributed by atoms with van der Waals surface area (Å²) >= 11 is 6.03. The van der Waals surface area contributed by atoms with Crippen LogP contribution in [0.5, 0.6) is 0 Å². The van der Waals surface area contributed by atoms with E-state index < -0.39 is 0 Å². The van der Waals surface area contributed by atoms with Crippen LogP contribution in [-0.4, -0.2) is 25.7 Å². The maximum atomic E-state index is 12.5. The van der Waals surface area contributed by atoms with Gasteiger partial charge in [0, 0.05) is 0 Å². The molecular formula is C18H18ClN5O. The number of halogens is 1. The van der Waals surface area contributed by atoms with Gasteiger partial charge in [0.1, 0.15) is 5.82 Å². The number of aryl methyl sites for hydroxylation is 3. The lowest BCUT2D eigenvalue weighted by Gasteiger charge is -2.10. The fourth-order valence-electron chi connectivity index (χ4n) is 2.52. The molecule has 0 aliphatic rings. The Kier molecular flexibility index (Phi) is 4.55. The van der Waals surface area contributed by atoms with Crippen molar-refractivity contribution in [1.82, 2.24) is 19.7 Å². The minimum Gasteiger partial charge on any atom is -0.318 e. The van der Waals surface area contributed by atoms with E-state index >= 15 is 0 Å². The van der Waals surface area contributed by atoms with Crippen molar-refractivity contribution in [1.29, 1.82) is 0 Å². The number of carbonyl (C=O) groups excluding carboxylic acids is 1. The Hall–Kier alpha value is -2.73. The van der Waals surface area contributed by atoms with E-state index in [1.54, 1.807) is 13.1 Å². The normalized spacial score (nSPS) is 10.8. The predicted molar refractivity (Wildman–Crippen MR) is 97.5 cm³/mol. The van der Waals surface area contributed by atoms with E-state index in [0.29, 0.717) is 11.5 Å². The number of anilines is 1. The molecule has 1 amide bonds. The van der Waals surface area contributed by atoms with Crippen molar-refractivity contribution < 1.29 is 4.79 Å². The van der Waals surface area contributed by atoms with Gasteiger partial charge in [-0.15, -0.1) is 0 Å². The third-order valence-electron chi connectivity index (χ3n) is 3.93. The van der Waals surface area contributed by atoms with Crippen LogP contribution in [0, 0.1) is 27.7 Å². The first-order valence-corrected chi connectivity index (χ1v) is 8.17. The molecule has 1 aromatic carbocycles. The number of amides is 1. The molecule has 128 valence electrons. The zero-order valence-electron chi connectivity index (χ0n) is 14.5. The van der Waals surface area contributed by atoms with E-state index in [0.717, 1.165) is 22.5 Å². The molecule has 0 atom stereocenters. The fraction of sp³-hybridized carbons (Fsp3) is 0.222. The molecule has 6 nitrogen and oxygen atoms in total. The van der Waals surface area contributed by atoms with Gasteiger partial charge in [-0.2, -0.15) is 5.10 Å². The second kappa shape index (κ2) is 6.64. The number of benzene rings is 1. The van der Waals surface area contributed by atoms with Gasteiger partial charge < -0.3 is 5.32 Å². The molecule has 3 rings (SSSR count). The lowest BCUT2D eigenvalue weighted by Crippen LogP contribution is -2.16. The summed E-state index contributed by atoms with van der Waals surface area (Å²) in [5.41, 5.74) is 4.80. The minimum absolute atomic E-state index is 0.146. The number of carbonyl (C=O) groups is 1. The molecule has 0 saturated carbocycles. The van der Waals surface area contributed by atoms with Gasteiger partial charge >= 0.3 is 0 Å². The first-order valence-electron chi connectivity index (χ1n) is 7.79. The SMILES string of the molecule is Cc1ccc(C)c(-n2ncc(NC(=O)c3nc(C)ncc3Cl)c2C)c1. The van der Waals surface area contributed by atoms with Crippen LogP contribution in [0.15, 0.2) is 30.6 Å². The second-order valence-corrected chi connectivity index (χ2v) is 6.32. The standard InChI is InChI=1S/C18H18ClN5O/c1-10-5-6-11(2)16(7-10)24-12(3)15(9-21-24)23-18(25)17-14(19)8-20-13(4)22-17/h5-9H,1-4H3,(H,23,25). The van der Waals surface area contributed by atoms with Gasteiger partial charge in [-0.3, -0.25) is 4.79 Å². The number of hydrogen-bond donors (Lipinski definition) is 1. The topological polar surface area (TPSA) is 72.7 Å². The van der Waals surface area contributed by atoms with Gasteiger partial charge in [-0.25, -0.2) is 14.6 Å². The van der Waals surface area contributed by atoms with E-state index in [-0.39, 0.29) is 16.6 Å². The highest BCUT2D eigenvalue weighted by Crippen LogP contribution is 2.23. The van der Waals surface area contributed by atoms with Crippen LogP contribution in [0.25, 0.3) is 5.69 Å². The molecule has 3 aromatic rings. The third-order valence-corrected chi connectivity index (χ3v) is 4.21. The van der Waals surface area contributed by atoms with Crippen molar-refractivity contribution >= 4 is 23.2 Å². The van der Waals surface area contributed by atoms with Crippen LogP contribution in [0.1, 0.15) is 33.1 Å². The molecule has 0 saturated heterocycles. The fourth-order valence-corrected chi connectivity index (χ4v) is 2.70. The van der Waals surface area contributed by atoms with Crippen LogP contribution >= 0.6 is 11.6 Å². The zero-order valence-corrected chi connectivity index (χ0v) is 15.2. The number of hydrogen-bond acceptors (Lipinski definition) is 4. The van der Waals surface area contributed by atoms with E-state index in [4.69, 9.17) is 11.6 Å². The highest BCUT2D eigenvalue weighted by atomic mass is 35.5. The first-order chi connectivity index (χ1) is 11.9. The summed E-state index contributed by atoms with van der Waals surface area (Å²) in [6.45, 7) is 7.66. The Bertz CT molecular complexity index is 964. The summed E-state index contributed by atoms with van der Waals surface area (Å²) in [6.07, 6.45) is 3.04. The van der Waals surface area contributed by atoms with Gasteiger partial charge in [0.25, 0.3) is 5.91 Å². The molecule has 0 bridgehead atoms. The monoisotopic (exact) mass is 355 g/mol. The summed E-state index contributed by atoms with van der Waals surface area (Å²) in [7, 11) is 0. The van der Waals surface area contributed by atoms with Gasteiger partial charge in [0.15, 0.2) is 5.69 Å². The summed E-state index contributed by atoms with van der Waals surface area (Å²) in [4.78, 5) is 20.6. The number of rotatable bonds is 3. The smallest absolute Gasteiger partial charge is 0.276 e. The number of aromatic nitrogens is 4. The molecule has 0 fully saturated rings. The molecule has 0 radical (unpaired) electrons. The van der Waals surface area contributed by atoms with Crippen LogP contribution in [0.4, 0.5) is 5.69 Å². The van der Waals surface area contributed by atoms with Crippen molar-refractivity contribution in [2.45, 2.75) is 27.7 Å². The maximum absolute atomic E-state index is 12.5. The minimum atomic E-state index is -0.390. The quantitative estimate of drug-likeness (QED) is 0.775. The lowest BCUT2D eigenvalue weighted by molar-refractivity contribution is 0.102. The Morgan fingerprint density at radius 1 is 1.16 bits per heavy atom. The van der Waals surface area contributed by atoms with E-state index in [9.17, 15) is 4.79 Å². The third kappa shape index (κ3) is 3.39. The van der Waals surface area contributed by atoms with Crippen molar-refractivity contribution in [3.8, 4) is 5.69 Å². The molecular weight excluding hydrogens is 338 g/mol. The highest BCUT2D eigenvalue weighted by molar-refractivity contribution is 6.33. The molecule has 7 heteroatoms. The lowest BCUT2D eigenvalue weighted by atomic mass is 10.1. The second-order valence-electron chi connectivity index (χ2n) is 5.91. The summed E-state index contributed by atoms with van der Waals surface area (Å²) < 4.78 is 1.81. The Labute approximate surface area is 150 Å². The van der Waals surface area contributed by atoms with Crippen molar-refractivity contribution in [2.75, 3.05) is 5.32 Å². The van der Waals surface area contributed by atoms with Crippen molar-refractivity contribution in [2.24, 2.45) is 0 Å². The largest absolute Gasteiger partial charge is 0.318 e. The molecule has 0 unspecified atom stereocenters. The van der Waals surface area contributed by atoms with Crippen LogP contribution in [-0.2, 0) is 0 Å². The van der Waals surface area contributed by atoms with Crippen molar-refractivity contribution in [3.63, 3.8) is 0 Å². The van der Waals surface area contributed by atoms with Gasteiger partial charge in [-0.05, 0) is 44.9 Å². The Balaban J connectivity index is 1.93. The first kappa shape index (κ1) is 17.1. The molecule has 0 spiro atoms. The number of nitrogens with zero attached hydrogens (tertiary/aromatic N) is 4. The molecule has 25 heavy (non-hydrogen) atoms. The van der Waals surface area contributed by atoms with Crippen LogP contribution in [0.3, 0.4) is 0 Å². The van der Waals surface area contributed by atoms with E-state index in [2.05, 4.69) is 32.5 Å². The van der Waals surface area contributed by atoms with Crippen LogP contribution in [0.2, 0.25) is 5.02 Å². The Morgan fingerprint density at radius 3 is 2.68 bits per heavy atom. The van der Waals surface area contributed by atoms with Crippen molar-refractivity contribution in [3.05, 3.63) is 64.0 Å². The van der Waals surface area contributed by atoms with E-state index in [1.165, 1.54) is 6.20 Å². The summed E-state index contributed by atoms with van der Waals surface area (Å²) in [5.74, 6) is 0.0940. The van der Waals surface area contributed by atoms with Crippen LogP contribution < -0.4 is 5.32 Å². The Morgan fingerprint density at radius 2 is 1.92 bits per heavy atom. The summed E-state index contributed by atoms with van der Waals surface area (Å²) in [5, 5.41) is 7.44. The molecule has 1 N–H and O–H groups in total. The van der Waals surface area contributed by atoms with Gasteiger partial charge in [0.2, 0.25) is 0 Å². The van der Waals surface area contributed by atoms with Gasteiger partial charge in [0.05, 0.1) is 34.5 Å². The number of nitrogens with one attached hydrogen (secondary N) is 1. The molecule has 2 heterocycles. The van der Waals surface area contributed by atoms with Gasteiger partial charge in [-0.1, -0.05) is 23.7 Å². The zero-order chi connectivity index (χ0) is 18.1. The maximum Gasteiger partial charge on any atom is 0.276 e. The summed E-state index contributed by atoms with van der Waals surface area (Å²) in [6, 6.07) is 6.17. The molecule has 0 aliphatic carbocycles. The predicted octanol–water partition coefficient (Wildman–Crippen LogP) is 3.80. The molecule has 2 aromatic heterocycles. The molecule has 0 aliphatic heterocycles. The average molecular weight is 356 g/mol. The highest BCUT2D eigenvalue weighted by Gasteiger charge is 2.17.